The summed E-state index contributed by atoms with van der Waals surface area (Å²) >= 11 is 0. The number of carbonyl (C=O) groups is 1. The molecule has 0 aromatic heterocycles. The molecule has 1 saturated heterocycles. The fraction of sp³-hybridized carbons (Fsp3) is 0.167. The third-order valence-electron chi connectivity index (χ3n) is 6.98. The van der Waals surface area contributed by atoms with Crippen LogP contribution in [-0.2, 0) is 9.30 Å². The summed E-state index contributed by atoms with van der Waals surface area (Å²) in [6.45, 7) is 0. The van der Waals surface area contributed by atoms with Crippen molar-refractivity contribution in [1.82, 2.24) is 0 Å². The maximum absolute atomic E-state index is 13.3. The average molecular weight is 564 g/mol. The van der Waals surface area contributed by atoms with Gasteiger partial charge in [0.1, 0.15) is 23.7 Å². The average Bonchev–Trinajstić information content (AvgIpc) is 3.27. The van der Waals surface area contributed by atoms with Crippen molar-refractivity contribution in [3.05, 3.63) is 114 Å². The van der Waals surface area contributed by atoms with E-state index in [-0.39, 0.29) is 23.9 Å². The Hall–Kier alpha value is -4.01. The summed E-state index contributed by atoms with van der Waals surface area (Å²) in [5.74, 6) is -0.499. The summed E-state index contributed by atoms with van der Waals surface area (Å²) in [6, 6.07) is 24.5. The molecule has 10 heteroatoms. The first kappa shape index (κ1) is 27.6. The van der Waals surface area contributed by atoms with E-state index in [9.17, 15) is 33.7 Å². The molecule has 0 spiro atoms. The second kappa shape index (κ2) is 11.2. The Bertz CT molecular complexity index is 1540. The number of ether oxygens (including phenoxy) is 1. The fourth-order valence-corrected chi connectivity index (χ4v) is 5.47. The zero-order chi connectivity index (χ0) is 28.4. The largest absolute Gasteiger partial charge is 0.508 e. The van der Waals surface area contributed by atoms with Gasteiger partial charge in [0.15, 0.2) is 0 Å². The molecule has 1 amide bonds. The Morgan fingerprint density at radius 2 is 1.55 bits per heavy atom. The van der Waals surface area contributed by atoms with Gasteiger partial charge in [-0.3, -0.25) is 9.46 Å². The summed E-state index contributed by atoms with van der Waals surface area (Å²) in [6.07, 6.45) is -1.70. The van der Waals surface area contributed by atoms with E-state index in [4.69, 9.17) is 4.74 Å². The lowest BCUT2D eigenvalue weighted by molar-refractivity contribution is 0.100. The number of hydrogen-bond donors (Lipinski definition) is 4. The van der Waals surface area contributed by atoms with Crippen LogP contribution in [0.15, 0.2) is 97.1 Å². The monoisotopic (exact) mass is 563 g/mol. The van der Waals surface area contributed by atoms with Crippen LogP contribution >= 0.6 is 7.60 Å². The predicted octanol–water partition coefficient (Wildman–Crippen LogP) is 5.58. The number of hydrogen-bond acceptors (Lipinski definition) is 5. The van der Waals surface area contributed by atoms with Crippen molar-refractivity contribution >= 4 is 24.7 Å². The number of carbonyl (C=O) groups excluding carboxylic acids is 1. The number of para-hydroxylation sites is 1. The Morgan fingerprint density at radius 3 is 2.17 bits per heavy atom. The molecular formula is C30H27FNO7P. The lowest BCUT2D eigenvalue weighted by Crippen LogP contribution is -2.29. The molecule has 4 aromatic rings. The summed E-state index contributed by atoms with van der Waals surface area (Å²) < 4.78 is 30.6. The minimum absolute atomic E-state index is 0.0927. The van der Waals surface area contributed by atoms with Gasteiger partial charge in [0.05, 0.1) is 11.4 Å². The quantitative estimate of drug-likeness (QED) is 0.206. The summed E-state index contributed by atoms with van der Waals surface area (Å²) in [4.78, 5) is 33.3. The topological polar surface area (TPSA) is 128 Å². The molecule has 0 bridgehead atoms. The zero-order valence-electron chi connectivity index (χ0n) is 21.2. The Morgan fingerprint density at radius 1 is 0.900 bits per heavy atom. The van der Waals surface area contributed by atoms with Crippen molar-refractivity contribution in [1.29, 1.82) is 0 Å². The highest BCUT2D eigenvalue weighted by Crippen LogP contribution is 2.44. The van der Waals surface area contributed by atoms with Crippen molar-refractivity contribution in [2.24, 2.45) is 0 Å². The van der Waals surface area contributed by atoms with Crippen molar-refractivity contribution in [3.8, 4) is 16.9 Å². The van der Waals surface area contributed by atoms with Crippen molar-refractivity contribution in [2.45, 2.75) is 31.1 Å². The summed E-state index contributed by atoms with van der Waals surface area (Å²) in [5, 5.41) is 21.7. The predicted molar refractivity (Wildman–Crippen MR) is 148 cm³/mol. The lowest BCUT2D eigenvalue weighted by Gasteiger charge is -2.26. The molecule has 0 unspecified atom stereocenters. The van der Waals surface area contributed by atoms with Crippen LogP contribution in [0.4, 0.5) is 14.9 Å². The van der Waals surface area contributed by atoms with Gasteiger partial charge in [-0.2, -0.15) is 0 Å². The maximum Gasteiger partial charge on any atom is 0.415 e. The van der Waals surface area contributed by atoms with Crippen molar-refractivity contribution < 1.29 is 38.5 Å². The number of anilines is 1. The lowest BCUT2D eigenvalue weighted by atomic mass is 9.92. The number of nitrogens with zero attached hydrogens (tertiary/aromatic N) is 1. The maximum atomic E-state index is 13.3. The number of rotatable bonds is 8. The third-order valence-corrected chi connectivity index (χ3v) is 7.95. The SMILES string of the molecule is O=C1O[C@H](CC[C@H](O)c2ccc(F)cc2)[C@@H](c2ccc(-c3ccc(P(=O)(O)O)cc3)cc2O)N1c1ccccc1. The van der Waals surface area contributed by atoms with Gasteiger partial charge in [0.2, 0.25) is 0 Å². The molecule has 4 aromatic carbocycles. The highest BCUT2D eigenvalue weighted by atomic mass is 31.2. The van der Waals surface area contributed by atoms with Gasteiger partial charge in [-0.25, -0.2) is 9.18 Å². The highest BCUT2D eigenvalue weighted by molar-refractivity contribution is 7.60. The van der Waals surface area contributed by atoms with Crippen LogP contribution in [0, 0.1) is 5.82 Å². The Balaban J connectivity index is 1.45. The standard InChI is InChI=1S/C30H27FNO7P/c31-22-11-6-20(7-12-22)26(33)16-17-28-29(32(30(35)39-28)23-4-2-1-3-5-23)25-15-10-21(18-27(25)34)19-8-13-24(14-9-19)40(36,37)38/h1-15,18,26,28-29,33-34H,16-17H2,(H2,36,37,38)/t26-,28+,29+/m0/s1. The molecular weight excluding hydrogens is 536 g/mol. The second-order valence-electron chi connectivity index (χ2n) is 9.58. The van der Waals surface area contributed by atoms with E-state index in [1.165, 1.54) is 47.4 Å². The number of aliphatic hydroxyl groups excluding tert-OH is 1. The molecule has 0 radical (unpaired) electrons. The normalized spacial score (nSPS) is 18.0. The van der Waals surface area contributed by atoms with Gasteiger partial charge < -0.3 is 24.7 Å². The molecule has 0 saturated carbocycles. The number of phenolic OH excluding ortho intramolecular Hbond substituents is 1. The number of amides is 1. The smallest absolute Gasteiger partial charge is 0.415 e. The van der Waals surface area contributed by atoms with Crippen LogP contribution in [0.1, 0.15) is 36.1 Å². The number of aromatic hydroxyl groups is 1. The van der Waals surface area contributed by atoms with E-state index in [1.807, 2.05) is 6.07 Å². The Labute approximate surface area is 230 Å². The fourth-order valence-electron chi connectivity index (χ4n) is 4.94. The number of aliphatic hydroxyl groups is 1. The molecule has 40 heavy (non-hydrogen) atoms. The zero-order valence-corrected chi connectivity index (χ0v) is 22.1. The van der Waals surface area contributed by atoms with Gasteiger partial charge >= 0.3 is 13.7 Å². The molecule has 1 aliphatic heterocycles. The van der Waals surface area contributed by atoms with Crippen LogP contribution in [0.2, 0.25) is 0 Å². The molecule has 3 atom stereocenters. The molecule has 8 nitrogen and oxygen atoms in total. The Kier molecular flexibility index (Phi) is 7.74. The molecule has 0 aliphatic carbocycles. The highest BCUT2D eigenvalue weighted by Gasteiger charge is 2.44. The first-order chi connectivity index (χ1) is 19.1. The summed E-state index contributed by atoms with van der Waals surface area (Å²) in [7, 11) is -4.38. The van der Waals surface area contributed by atoms with Crippen molar-refractivity contribution in [3.63, 3.8) is 0 Å². The molecule has 206 valence electrons. The van der Waals surface area contributed by atoms with Crippen LogP contribution in [0.5, 0.6) is 5.75 Å². The minimum Gasteiger partial charge on any atom is -0.508 e. The third kappa shape index (κ3) is 5.78. The minimum atomic E-state index is -4.38. The summed E-state index contributed by atoms with van der Waals surface area (Å²) in [5.41, 5.74) is 2.80. The first-order valence-corrected chi connectivity index (χ1v) is 14.2. The van der Waals surface area contributed by atoms with Gasteiger partial charge in [-0.1, -0.05) is 54.6 Å². The number of phenols is 1. The van der Waals surface area contributed by atoms with Gasteiger partial charge in [-0.15, -0.1) is 0 Å². The molecule has 4 N–H and O–H groups in total. The van der Waals surface area contributed by atoms with E-state index in [2.05, 4.69) is 0 Å². The van der Waals surface area contributed by atoms with E-state index >= 15 is 0 Å². The van der Waals surface area contributed by atoms with Gasteiger partial charge in [0, 0.05) is 11.3 Å². The van der Waals surface area contributed by atoms with E-state index in [0.29, 0.717) is 27.9 Å². The molecule has 1 heterocycles. The van der Waals surface area contributed by atoms with Crippen molar-refractivity contribution in [2.75, 3.05) is 4.90 Å². The number of halogens is 1. The van der Waals surface area contributed by atoms with E-state index in [1.54, 1.807) is 48.5 Å². The van der Waals surface area contributed by atoms with E-state index < -0.39 is 37.8 Å². The van der Waals surface area contributed by atoms with Crippen LogP contribution in [-0.4, -0.2) is 32.2 Å². The molecule has 5 rings (SSSR count). The second-order valence-corrected chi connectivity index (χ2v) is 11.2. The first-order valence-electron chi connectivity index (χ1n) is 12.6. The van der Waals surface area contributed by atoms with Gasteiger partial charge in [-0.05, 0) is 72.0 Å². The van der Waals surface area contributed by atoms with Gasteiger partial charge in [0.25, 0.3) is 0 Å². The number of benzene rings is 4. The molecule has 1 aliphatic rings. The van der Waals surface area contributed by atoms with Crippen LogP contribution in [0.25, 0.3) is 11.1 Å². The number of cyclic esters (lactones) is 1. The molecule has 1 fully saturated rings. The van der Waals surface area contributed by atoms with Crippen LogP contribution in [0.3, 0.4) is 0 Å². The van der Waals surface area contributed by atoms with E-state index in [0.717, 1.165) is 0 Å². The van der Waals surface area contributed by atoms with Crippen LogP contribution < -0.4 is 10.2 Å².